The Morgan fingerprint density at radius 2 is 2.04 bits per heavy atom. The van der Waals surface area contributed by atoms with Gasteiger partial charge < -0.3 is 4.74 Å². The molecule has 134 valence electrons. The van der Waals surface area contributed by atoms with E-state index >= 15 is 0 Å². The van der Waals surface area contributed by atoms with E-state index < -0.39 is 0 Å². The Labute approximate surface area is 162 Å². The molecule has 0 radical (unpaired) electrons. The highest BCUT2D eigenvalue weighted by atomic mass is 35.5. The molecule has 0 aliphatic carbocycles. The molecule has 1 heterocycles. The summed E-state index contributed by atoms with van der Waals surface area (Å²) in [5.74, 6) is 0.696. The fourth-order valence-electron chi connectivity index (χ4n) is 2.27. The third kappa shape index (κ3) is 4.84. The van der Waals surface area contributed by atoms with E-state index in [0.717, 1.165) is 28.4 Å². The number of aromatic nitrogens is 1. The maximum absolute atomic E-state index is 6.23. The topological polar surface area (TPSA) is 46.5 Å². The first kappa shape index (κ1) is 18.4. The zero-order valence-corrected chi connectivity index (χ0v) is 16.3. The molecular formula is C20H20ClN3OS. The van der Waals surface area contributed by atoms with E-state index in [9.17, 15) is 0 Å². The predicted octanol–water partition coefficient (Wildman–Crippen LogP) is 6.01. The Balaban J connectivity index is 1.62. The number of hydrazone groups is 1. The Bertz CT molecular complexity index is 890. The van der Waals surface area contributed by atoms with Crippen LogP contribution in [0.3, 0.4) is 0 Å². The molecule has 1 aromatic heterocycles. The van der Waals surface area contributed by atoms with Crippen molar-refractivity contribution in [2.45, 2.75) is 20.3 Å². The number of hydrogen-bond acceptors (Lipinski definition) is 5. The maximum Gasteiger partial charge on any atom is 0.203 e. The molecule has 0 fully saturated rings. The molecule has 0 unspecified atom stereocenters. The first-order chi connectivity index (χ1) is 12.7. The Morgan fingerprint density at radius 3 is 2.77 bits per heavy atom. The lowest BCUT2D eigenvalue weighted by Gasteiger charge is -2.06. The third-order valence-corrected chi connectivity index (χ3v) is 4.69. The minimum atomic E-state index is 0.582. The first-order valence-electron chi connectivity index (χ1n) is 8.39. The molecule has 0 spiro atoms. The van der Waals surface area contributed by atoms with Crippen LogP contribution in [0.15, 0.2) is 52.9 Å². The van der Waals surface area contributed by atoms with Gasteiger partial charge in [0.25, 0.3) is 0 Å². The van der Waals surface area contributed by atoms with E-state index in [1.54, 1.807) is 6.21 Å². The summed E-state index contributed by atoms with van der Waals surface area (Å²) in [7, 11) is 0. The van der Waals surface area contributed by atoms with E-state index in [2.05, 4.69) is 53.6 Å². The van der Waals surface area contributed by atoms with Gasteiger partial charge in [-0.05, 0) is 37.1 Å². The average molecular weight is 386 g/mol. The van der Waals surface area contributed by atoms with Crippen LogP contribution < -0.4 is 10.2 Å². The zero-order chi connectivity index (χ0) is 18.4. The standard InChI is InChI=1S/C20H20ClN3OS/c1-3-10-25-19-9-6-15(11-17(19)21)12-22-24-20-23-18(13-26-20)16-7-4-14(2)5-8-16/h4-9,11-13H,3,10H2,1-2H3,(H,23,24)/b22-12-. The maximum atomic E-state index is 6.23. The number of nitrogens with one attached hydrogen (secondary N) is 1. The molecule has 4 nitrogen and oxygen atoms in total. The number of benzene rings is 2. The number of aryl methyl sites for hydroxylation is 1. The van der Waals surface area contributed by atoms with Crippen LogP contribution in [0.25, 0.3) is 11.3 Å². The molecular weight excluding hydrogens is 366 g/mol. The Morgan fingerprint density at radius 1 is 1.23 bits per heavy atom. The SMILES string of the molecule is CCCOc1ccc(/C=N\Nc2nc(-c3ccc(C)cc3)cs2)cc1Cl. The molecule has 0 saturated heterocycles. The van der Waals surface area contributed by atoms with Crippen molar-refractivity contribution in [3.63, 3.8) is 0 Å². The molecule has 0 saturated carbocycles. The smallest absolute Gasteiger partial charge is 0.203 e. The highest BCUT2D eigenvalue weighted by Gasteiger charge is 2.04. The van der Waals surface area contributed by atoms with Crippen LogP contribution in [0.4, 0.5) is 5.13 Å². The summed E-state index contributed by atoms with van der Waals surface area (Å²) < 4.78 is 5.57. The Hall–Kier alpha value is -2.37. The summed E-state index contributed by atoms with van der Waals surface area (Å²) in [4.78, 5) is 4.55. The van der Waals surface area contributed by atoms with Crippen LogP contribution in [-0.2, 0) is 0 Å². The van der Waals surface area contributed by atoms with Crippen LogP contribution in [-0.4, -0.2) is 17.8 Å². The molecule has 1 N–H and O–H groups in total. The van der Waals surface area contributed by atoms with Crippen molar-refractivity contribution < 1.29 is 4.74 Å². The number of ether oxygens (including phenoxy) is 1. The van der Waals surface area contributed by atoms with Crippen LogP contribution in [0.2, 0.25) is 5.02 Å². The quantitative estimate of drug-likeness (QED) is 0.400. The second-order valence-electron chi connectivity index (χ2n) is 5.81. The van der Waals surface area contributed by atoms with Gasteiger partial charge in [0.05, 0.1) is 23.5 Å². The fraction of sp³-hybridized carbons (Fsp3) is 0.200. The van der Waals surface area contributed by atoms with Gasteiger partial charge >= 0.3 is 0 Å². The average Bonchev–Trinajstić information content (AvgIpc) is 3.10. The molecule has 2 aromatic carbocycles. The first-order valence-corrected chi connectivity index (χ1v) is 9.65. The van der Waals surface area contributed by atoms with Gasteiger partial charge in [-0.2, -0.15) is 5.10 Å². The normalized spacial score (nSPS) is 11.0. The van der Waals surface area contributed by atoms with Crippen LogP contribution in [0.5, 0.6) is 5.75 Å². The number of nitrogens with zero attached hydrogens (tertiary/aromatic N) is 2. The summed E-state index contributed by atoms with van der Waals surface area (Å²) in [5.41, 5.74) is 7.12. The Kier molecular flexibility index (Phi) is 6.26. The summed E-state index contributed by atoms with van der Waals surface area (Å²) in [6.07, 6.45) is 2.66. The molecule has 0 aliphatic heterocycles. The number of anilines is 1. The highest BCUT2D eigenvalue weighted by Crippen LogP contribution is 2.26. The summed E-state index contributed by atoms with van der Waals surface area (Å²) in [6.45, 7) is 4.78. The summed E-state index contributed by atoms with van der Waals surface area (Å²) in [5, 5.41) is 7.58. The van der Waals surface area contributed by atoms with Gasteiger partial charge in [0, 0.05) is 10.9 Å². The highest BCUT2D eigenvalue weighted by molar-refractivity contribution is 7.14. The lowest BCUT2D eigenvalue weighted by atomic mass is 10.1. The molecule has 6 heteroatoms. The van der Waals surface area contributed by atoms with Crippen molar-refractivity contribution in [2.24, 2.45) is 5.10 Å². The number of thiazole rings is 1. The van der Waals surface area contributed by atoms with E-state index in [1.807, 2.05) is 23.6 Å². The van der Waals surface area contributed by atoms with Crippen LogP contribution in [0, 0.1) is 6.92 Å². The number of halogens is 1. The minimum Gasteiger partial charge on any atom is -0.492 e. The molecule has 0 aliphatic rings. The van der Waals surface area contributed by atoms with Crippen molar-refractivity contribution in [1.82, 2.24) is 4.98 Å². The molecule has 0 amide bonds. The van der Waals surface area contributed by atoms with Gasteiger partial charge in [-0.1, -0.05) is 48.4 Å². The third-order valence-electron chi connectivity index (χ3n) is 3.64. The van der Waals surface area contributed by atoms with Crippen molar-refractivity contribution >= 4 is 34.3 Å². The lowest BCUT2D eigenvalue weighted by molar-refractivity contribution is 0.317. The predicted molar refractivity (Wildman–Crippen MR) is 111 cm³/mol. The molecule has 26 heavy (non-hydrogen) atoms. The van der Waals surface area contributed by atoms with Crippen molar-refractivity contribution in [2.75, 3.05) is 12.0 Å². The van der Waals surface area contributed by atoms with Gasteiger partial charge in [0.15, 0.2) is 0 Å². The van der Waals surface area contributed by atoms with Gasteiger partial charge in [-0.15, -0.1) is 11.3 Å². The van der Waals surface area contributed by atoms with E-state index in [-0.39, 0.29) is 0 Å². The number of hydrogen-bond donors (Lipinski definition) is 1. The molecule has 0 bridgehead atoms. The largest absolute Gasteiger partial charge is 0.492 e. The van der Waals surface area contributed by atoms with E-state index in [0.29, 0.717) is 17.4 Å². The molecule has 3 aromatic rings. The van der Waals surface area contributed by atoms with E-state index in [1.165, 1.54) is 16.9 Å². The summed E-state index contributed by atoms with van der Waals surface area (Å²) >= 11 is 7.74. The van der Waals surface area contributed by atoms with Crippen LogP contribution in [0.1, 0.15) is 24.5 Å². The van der Waals surface area contributed by atoms with Gasteiger partial charge in [0.1, 0.15) is 5.75 Å². The van der Waals surface area contributed by atoms with Crippen molar-refractivity contribution in [3.05, 3.63) is 64.0 Å². The minimum absolute atomic E-state index is 0.582. The lowest BCUT2D eigenvalue weighted by Crippen LogP contribution is -1.96. The fourth-order valence-corrected chi connectivity index (χ4v) is 3.18. The monoisotopic (exact) mass is 385 g/mol. The van der Waals surface area contributed by atoms with Crippen molar-refractivity contribution in [3.8, 4) is 17.0 Å². The summed E-state index contributed by atoms with van der Waals surface area (Å²) in [6, 6.07) is 13.9. The number of rotatable bonds is 7. The van der Waals surface area contributed by atoms with E-state index in [4.69, 9.17) is 16.3 Å². The van der Waals surface area contributed by atoms with Crippen molar-refractivity contribution in [1.29, 1.82) is 0 Å². The second-order valence-corrected chi connectivity index (χ2v) is 7.08. The van der Waals surface area contributed by atoms with Gasteiger partial charge in [-0.3, -0.25) is 5.43 Å². The van der Waals surface area contributed by atoms with Gasteiger partial charge in [0.2, 0.25) is 5.13 Å². The zero-order valence-electron chi connectivity index (χ0n) is 14.7. The van der Waals surface area contributed by atoms with Gasteiger partial charge in [-0.25, -0.2) is 4.98 Å². The molecule has 3 rings (SSSR count). The molecule has 0 atom stereocenters. The second kappa shape index (κ2) is 8.83. The van der Waals surface area contributed by atoms with Crippen LogP contribution >= 0.6 is 22.9 Å².